The van der Waals surface area contributed by atoms with Crippen LogP contribution in [-0.2, 0) is 11.2 Å². The van der Waals surface area contributed by atoms with Crippen molar-refractivity contribution in [3.05, 3.63) is 81.9 Å². The molecule has 3 aliphatic rings. The molecular weight excluding hydrogens is 435 g/mol. The van der Waals surface area contributed by atoms with E-state index in [-0.39, 0.29) is 6.67 Å². The van der Waals surface area contributed by atoms with E-state index < -0.39 is 0 Å². The lowest BCUT2D eigenvalue weighted by atomic mass is 9.86. The topological polar surface area (TPSA) is 38.5 Å². The second-order valence-electron chi connectivity index (χ2n) is 10.3. The monoisotopic (exact) mass is 476 g/mol. The van der Waals surface area contributed by atoms with Gasteiger partial charge in [0.2, 0.25) is 0 Å². The molecule has 2 heterocycles. The summed E-state index contributed by atoms with van der Waals surface area (Å²) in [5.41, 5.74) is 16.6. The van der Waals surface area contributed by atoms with Crippen molar-refractivity contribution < 1.29 is 9.13 Å². The Bertz CT molecular complexity index is 1040. The van der Waals surface area contributed by atoms with Crippen LogP contribution in [0.2, 0.25) is 0 Å². The lowest BCUT2D eigenvalue weighted by Gasteiger charge is -2.21. The molecule has 0 spiro atoms. The smallest absolute Gasteiger partial charge is 0.0906 e. The summed E-state index contributed by atoms with van der Waals surface area (Å²) in [6.45, 7) is 9.11. The molecule has 2 N–H and O–H groups in total. The Hall–Kier alpha value is -2.43. The van der Waals surface area contributed by atoms with Gasteiger partial charge in [-0.05, 0) is 103 Å². The van der Waals surface area contributed by atoms with E-state index in [9.17, 15) is 4.39 Å². The zero-order chi connectivity index (χ0) is 24.6. The number of hydrogen-bond acceptors (Lipinski definition) is 3. The Balaban J connectivity index is 0.000000243. The van der Waals surface area contributed by atoms with Crippen LogP contribution in [0.3, 0.4) is 0 Å². The number of rotatable bonds is 5. The van der Waals surface area contributed by atoms with Gasteiger partial charge in [-0.2, -0.15) is 0 Å². The van der Waals surface area contributed by atoms with Crippen molar-refractivity contribution in [2.24, 2.45) is 5.92 Å². The number of likely N-dealkylation sites (tertiary alicyclic amines) is 1. The van der Waals surface area contributed by atoms with Crippen molar-refractivity contribution in [1.29, 1.82) is 0 Å². The maximum absolute atomic E-state index is 11.7. The average Bonchev–Trinajstić information content (AvgIpc) is 3.20. The third kappa shape index (κ3) is 6.83. The highest BCUT2D eigenvalue weighted by molar-refractivity contribution is 5.87. The predicted octanol–water partition coefficient (Wildman–Crippen LogP) is 6.75. The Kier molecular flexibility index (Phi) is 9.17. The molecule has 1 atom stereocenters. The van der Waals surface area contributed by atoms with Crippen LogP contribution in [0.25, 0.3) is 5.57 Å². The first-order chi connectivity index (χ1) is 17.0. The molecule has 1 fully saturated rings. The second-order valence-corrected chi connectivity index (χ2v) is 10.3. The zero-order valence-corrected chi connectivity index (χ0v) is 21.5. The molecule has 5 rings (SSSR count). The fraction of sp³-hybridized carbons (Fsp3) is 0.484. The molecule has 1 aliphatic carbocycles. The summed E-state index contributed by atoms with van der Waals surface area (Å²) in [5.74, 6) is 0.833. The van der Waals surface area contributed by atoms with Crippen molar-refractivity contribution in [3.63, 3.8) is 0 Å². The minimum absolute atomic E-state index is 0.162. The van der Waals surface area contributed by atoms with Crippen molar-refractivity contribution in [2.45, 2.75) is 52.4 Å². The second kappa shape index (κ2) is 12.5. The van der Waals surface area contributed by atoms with Gasteiger partial charge in [-0.25, -0.2) is 0 Å². The van der Waals surface area contributed by atoms with Crippen LogP contribution in [0.1, 0.15) is 61.3 Å². The number of aryl methyl sites for hydroxylation is 2. The van der Waals surface area contributed by atoms with Crippen LogP contribution >= 0.6 is 0 Å². The highest BCUT2D eigenvalue weighted by atomic mass is 19.1. The van der Waals surface area contributed by atoms with E-state index >= 15 is 0 Å². The van der Waals surface area contributed by atoms with Crippen LogP contribution < -0.4 is 5.73 Å². The van der Waals surface area contributed by atoms with Gasteiger partial charge < -0.3 is 15.4 Å². The van der Waals surface area contributed by atoms with Gasteiger partial charge in [-0.15, -0.1) is 0 Å². The number of fused-ring (bicyclic) bond motifs is 1. The van der Waals surface area contributed by atoms with Crippen LogP contribution in [0, 0.1) is 12.8 Å². The number of anilines is 1. The van der Waals surface area contributed by atoms with Gasteiger partial charge in [0, 0.05) is 18.8 Å². The number of alkyl halides is 1. The number of ether oxygens (including phenoxy) is 1. The van der Waals surface area contributed by atoms with Crippen molar-refractivity contribution in [1.82, 2.24) is 4.90 Å². The maximum Gasteiger partial charge on any atom is 0.0906 e. The van der Waals surface area contributed by atoms with Gasteiger partial charge in [0.1, 0.15) is 0 Å². The molecule has 2 aliphatic heterocycles. The van der Waals surface area contributed by atoms with Crippen molar-refractivity contribution in [3.8, 4) is 0 Å². The largest absolute Gasteiger partial charge is 0.399 e. The Labute approximate surface area is 210 Å². The van der Waals surface area contributed by atoms with Gasteiger partial charge in [-0.3, -0.25) is 4.39 Å². The first-order valence-corrected chi connectivity index (χ1v) is 13.3. The Morgan fingerprint density at radius 3 is 2.60 bits per heavy atom. The van der Waals surface area contributed by atoms with Gasteiger partial charge >= 0.3 is 0 Å². The summed E-state index contributed by atoms with van der Waals surface area (Å²) in [5, 5.41) is 0. The van der Waals surface area contributed by atoms with E-state index in [1.54, 1.807) is 0 Å². The molecular formula is C31H41FN2O. The van der Waals surface area contributed by atoms with Gasteiger partial charge in [-0.1, -0.05) is 48.9 Å². The summed E-state index contributed by atoms with van der Waals surface area (Å²) in [6, 6.07) is 15.3. The number of hydrogen-bond donors (Lipinski definition) is 1. The average molecular weight is 477 g/mol. The maximum atomic E-state index is 11.7. The lowest BCUT2D eigenvalue weighted by molar-refractivity contribution is 0.155. The van der Waals surface area contributed by atoms with E-state index in [4.69, 9.17) is 10.5 Å². The fourth-order valence-electron chi connectivity index (χ4n) is 5.49. The summed E-state index contributed by atoms with van der Waals surface area (Å²) in [4.78, 5) is 2.35. The first kappa shape index (κ1) is 25.7. The Morgan fingerprint density at radius 2 is 1.91 bits per heavy atom. The molecule has 188 valence electrons. The summed E-state index contributed by atoms with van der Waals surface area (Å²) < 4.78 is 17.3. The molecule has 4 heteroatoms. The number of halogens is 1. The standard InChI is InChI=1S/C23H25NO.C8H16FN/c1-16-5-7-18(8-6-16)23-21(17-11-13-25-14-12-17)4-2-3-19-15-20(24)9-10-22(19)23;1-8-3-6-10(7-8)5-2-4-9/h5-11,15H,2-4,12-14,24H2,1H3;8H,2-7H2,1H3. The number of nitrogens with two attached hydrogens (primary N) is 1. The lowest BCUT2D eigenvalue weighted by Crippen LogP contribution is -2.21. The first-order valence-electron chi connectivity index (χ1n) is 13.3. The van der Waals surface area contributed by atoms with E-state index in [0.717, 1.165) is 50.6 Å². The molecule has 1 saturated heterocycles. The molecule has 0 amide bonds. The van der Waals surface area contributed by atoms with Gasteiger partial charge in [0.15, 0.2) is 0 Å². The van der Waals surface area contributed by atoms with Crippen LogP contribution in [0.5, 0.6) is 0 Å². The molecule has 2 aromatic carbocycles. The quantitative estimate of drug-likeness (QED) is 0.485. The van der Waals surface area contributed by atoms with Gasteiger partial charge in [0.05, 0.1) is 19.9 Å². The molecule has 3 nitrogen and oxygen atoms in total. The summed E-state index contributed by atoms with van der Waals surface area (Å²) >= 11 is 0. The highest BCUT2D eigenvalue weighted by Crippen LogP contribution is 2.40. The third-order valence-corrected chi connectivity index (χ3v) is 7.38. The minimum Gasteiger partial charge on any atom is -0.399 e. The third-order valence-electron chi connectivity index (χ3n) is 7.38. The van der Waals surface area contributed by atoms with Crippen molar-refractivity contribution >= 4 is 11.3 Å². The van der Waals surface area contributed by atoms with Crippen LogP contribution in [0.15, 0.2) is 59.7 Å². The molecule has 0 saturated carbocycles. The molecule has 2 aromatic rings. The predicted molar refractivity (Wildman–Crippen MR) is 145 cm³/mol. The molecule has 0 aromatic heterocycles. The van der Waals surface area contributed by atoms with Crippen LogP contribution in [0.4, 0.5) is 10.1 Å². The highest BCUT2D eigenvalue weighted by Gasteiger charge is 2.22. The number of nitrogen functional groups attached to an aromatic ring is 1. The van der Waals surface area contributed by atoms with E-state index in [1.807, 2.05) is 6.07 Å². The minimum atomic E-state index is -0.162. The molecule has 0 radical (unpaired) electrons. The SMILES string of the molecule is CC1CCN(CCCF)C1.Cc1ccc(C2=C(C3=CCOCC3)CCCc3cc(N)ccc32)cc1. The van der Waals surface area contributed by atoms with Gasteiger partial charge in [0.25, 0.3) is 0 Å². The number of nitrogens with zero attached hydrogens (tertiary/aromatic N) is 1. The normalized spacial score (nSPS) is 20.5. The van der Waals surface area contributed by atoms with E-state index in [2.05, 4.69) is 61.2 Å². The fourth-order valence-corrected chi connectivity index (χ4v) is 5.49. The van der Waals surface area contributed by atoms with Crippen LogP contribution in [-0.4, -0.2) is 44.4 Å². The summed E-state index contributed by atoms with van der Waals surface area (Å²) in [6.07, 6.45) is 8.66. The molecule has 0 bridgehead atoms. The zero-order valence-electron chi connectivity index (χ0n) is 21.5. The van der Waals surface area contributed by atoms with E-state index in [1.165, 1.54) is 64.9 Å². The Morgan fingerprint density at radius 1 is 1.09 bits per heavy atom. The summed E-state index contributed by atoms with van der Waals surface area (Å²) in [7, 11) is 0. The molecule has 1 unspecified atom stereocenters. The van der Waals surface area contributed by atoms with E-state index in [0.29, 0.717) is 6.42 Å². The molecule has 35 heavy (non-hydrogen) atoms. The number of benzene rings is 2. The number of allylic oxidation sites excluding steroid dienone is 1. The van der Waals surface area contributed by atoms with Crippen molar-refractivity contribution in [2.75, 3.05) is 45.3 Å².